The lowest BCUT2D eigenvalue weighted by atomic mass is 10.0. The Hall–Kier alpha value is -1.03. The molecule has 3 aromatic rings. The van der Waals surface area contributed by atoms with Gasteiger partial charge in [0.15, 0.2) is 0 Å². The number of aromatic amines is 1. The Morgan fingerprint density at radius 2 is 1.68 bits per heavy atom. The molecule has 1 aromatic heterocycles. The third kappa shape index (κ3) is 2.64. The first-order chi connectivity index (χ1) is 9.28. The second-order valence-corrected chi connectivity index (χ2v) is 6.40. The smallest absolute Gasteiger partial charge is 0.0465 e. The quantitative estimate of drug-likeness (QED) is 0.455. The highest BCUT2D eigenvalue weighted by molar-refractivity contribution is 14.1. The molecule has 0 saturated carbocycles. The lowest BCUT2D eigenvalue weighted by Gasteiger charge is -2.01. The molecule has 0 bridgehead atoms. The highest BCUT2D eigenvalue weighted by Crippen LogP contribution is 2.28. The van der Waals surface area contributed by atoms with Gasteiger partial charge in [0.05, 0.1) is 0 Å². The van der Waals surface area contributed by atoms with Crippen LogP contribution in [0.15, 0.2) is 36.4 Å². The Morgan fingerprint density at radius 3 is 2.47 bits per heavy atom. The average Bonchev–Trinajstić information content (AvgIpc) is 2.77. The zero-order valence-corrected chi connectivity index (χ0v) is 13.3. The molecular weight excluding hydrogens is 345 g/mol. The number of fused-ring (bicyclic) bond motifs is 3. The molecule has 2 aromatic carbocycles. The Bertz CT molecular complexity index is 712. The van der Waals surface area contributed by atoms with Gasteiger partial charge in [0.1, 0.15) is 0 Å². The number of hydrogen-bond donors (Lipinski definition) is 1. The molecule has 0 aliphatic rings. The van der Waals surface area contributed by atoms with Gasteiger partial charge >= 0.3 is 0 Å². The van der Waals surface area contributed by atoms with Crippen molar-refractivity contribution in [3.63, 3.8) is 0 Å². The van der Waals surface area contributed by atoms with Crippen LogP contribution in [-0.4, -0.2) is 4.98 Å². The van der Waals surface area contributed by atoms with E-state index in [1.54, 1.807) is 0 Å². The van der Waals surface area contributed by atoms with Gasteiger partial charge in [0, 0.05) is 25.4 Å². The molecule has 0 unspecified atom stereocenters. The summed E-state index contributed by atoms with van der Waals surface area (Å²) in [5.74, 6) is 0. The van der Waals surface area contributed by atoms with E-state index in [-0.39, 0.29) is 0 Å². The zero-order chi connectivity index (χ0) is 13.2. The SMILES string of the molecule is CCCCCc1ccc2[nH]c3ccc(I)cc3c2c1. The fourth-order valence-corrected chi connectivity index (χ4v) is 3.14. The predicted molar refractivity (Wildman–Crippen MR) is 91.8 cm³/mol. The minimum absolute atomic E-state index is 1.19. The summed E-state index contributed by atoms with van der Waals surface area (Å²) < 4.78 is 1.29. The van der Waals surface area contributed by atoms with Gasteiger partial charge in [-0.1, -0.05) is 25.8 Å². The standard InChI is InChI=1S/C17H18IN/c1-2-3-4-5-12-6-8-16-14(10-12)15-11-13(18)7-9-17(15)19-16/h6-11,19H,2-5H2,1H3. The summed E-state index contributed by atoms with van der Waals surface area (Å²) in [6.07, 6.45) is 5.10. The van der Waals surface area contributed by atoms with Crippen molar-refractivity contribution in [3.05, 3.63) is 45.5 Å². The van der Waals surface area contributed by atoms with E-state index in [4.69, 9.17) is 0 Å². The van der Waals surface area contributed by atoms with Crippen LogP contribution in [-0.2, 0) is 6.42 Å². The van der Waals surface area contributed by atoms with Crippen LogP contribution < -0.4 is 0 Å². The summed E-state index contributed by atoms with van der Waals surface area (Å²) >= 11 is 2.38. The Kier molecular flexibility index (Phi) is 3.78. The van der Waals surface area contributed by atoms with Crippen molar-refractivity contribution in [3.8, 4) is 0 Å². The van der Waals surface area contributed by atoms with Crippen LogP contribution in [0.1, 0.15) is 31.7 Å². The van der Waals surface area contributed by atoms with Gasteiger partial charge in [-0.3, -0.25) is 0 Å². The molecule has 0 fully saturated rings. The molecule has 0 aliphatic heterocycles. The van der Waals surface area contributed by atoms with Crippen molar-refractivity contribution < 1.29 is 0 Å². The summed E-state index contributed by atoms with van der Waals surface area (Å²) in [6.45, 7) is 2.25. The highest BCUT2D eigenvalue weighted by Gasteiger charge is 2.05. The molecule has 1 heterocycles. The fraction of sp³-hybridized carbons (Fsp3) is 0.294. The molecule has 0 spiro atoms. The maximum Gasteiger partial charge on any atom is 0.0465 e. The van der Waals surface area contributed by atoms with Gasteiger partial charge in [0.2, 0.25) is 0 Å². The monoisotopic (exact) mass is 363 g/mol. The minimum Gasteiger partial charge on any atom is -0.355 e. The molecule has 0 amide bonds. The van der Waals surface area contributed by atoms with Gasteiger partial charge in [-0.2, -0.15) is 0 Å². The molecule has 3 rings (SSSR count). The number of nitrogens with one attached hydrogen (secondary N) is 1. The lowest BCUT2D eigenvalue weighted by molar-refractivity contribution is 0.718. The van der Waals surface area contributed by atoms with Crippen molar-refractivity contribution in [1.29, 1.82) is 0 Å². The highest BCUT2D eigenvalue weighted by atomic mass is 127. The average molecular weight is 363 g/mol. The number of rotatable bonds is 4. The number of unbranched alkanes of at least 4 members (excludes halogenated alkanes) is 2. The molecule has 1 nitrogen and oxygen atoms in total. The van der Waals surface area contributed by atoms with Crippen LogP contribution in [0.2, 0.25) is 0 Å². The van der Waals surface area contributed by atoms with E-state index < -0.39 is 0 Å². The van der Waals surface area contributed by atoms with Crippen molar-refractivity contribution in [2.24, 2.45) is 0 Å². The molecular formula is C17H18IN. The van der Waals surface area contributed by atoms with Crippen molar-refractivity contribution in [2.75, 3.05) is 0 Å². The van der Waals surface area contributed by atoms with Crippen molar-refractivity contribution in [1.82, 2.24) is 4.98 Å². The first-order valence-electron chi connectivity index (χ1n) is 6.98. The second kappa shape index (κ2) is 5.53. The van der Waals surface area contributed by atoms with Gasteiger partial charge in [-0.25, -0.2) is 0 Å². The van der Waals surface area contributed by atoms with Gasteiger partial charge in [-0.15, -0.1) is 0 Å². The molecule has 1 N–H and O–H groups in total. The Morgan fingerprint density at radius 1 is 0.947 bits per heavy atom. The first kappa shape index (κ1) is 13.0. The van der Waals surface area contributed by atoms with E-state index in [0.29, 0.717) is 0 Å². The molecule has 0 aliphatic carbocycles. The topological polar surface area (TPSA) is 15.8 Å². The van der Waals surface area contributed by atoms with Gasteiger partial charge in [-0.05, 0) is 71.3 Å². The van der Waals surface area contributed by atoms with E-state index in [1.807, 2.05) is 0 Å². The lowest BCUT2D eigenvalue weighted by Crippen LogP contribution is -1.84. The third-order valence-electron chi connectivity index (χ3n) is 3.69. The summed E-state index contributed by atoms with van der Waals surface area (Å²) in [7, 11) is 0. The molecule has 0 saturated heterocycles. The van der Waals surface area contributed by atoms with E-state index in [2.05, 4.69) is 70.9 Å². The van der Waals surface area contributed by atoms with Crippen molar-refractivity contribution >= 4 is 44.4 Å². The fourth-order valence-electron chi connectivity index (χ4n) is 2.65. The molecule has 98 valence electrons. The molecule has 0 radical (unpaired) electrons. The van der Waals surface area contributed by atoms with Crippen LogP contribution in [0.3, 0.4) is 0 Å². The number of aromatic nitrogens is 1. The normalized spacial score (nSPS) is 11.5. The van der Waals surface area contributed by atoms with Crippen LogP contribution in [0.25, 0.3) is 21.8 Å². The maximum absolute atomic E-state index is 3.50. The summed E-state index contributed by atoms with van der Waals surface area (Å²) in [6, 6.07) is 13.4. The molecule has 19 heavy (non-hydrogen) atoms. The number of hydrogen-bond acceptors (Lipinski definition) is 0. The third-order valence-corrected chi connectivity index (χ3v) is 4.37. The summed E-state index contributed by atoms with van der Waals surface area (Å²) in [5, 5.41) is 2.71. The second-order valence-electron chi connectivity index (χ2n) is 5.15. The van der Waals surface area contributed by atoms with Crippen molar-refractivity contribution in [2.45, 2.75) is 32.6 Å². The zero-order valence-electron chi connectivity index (χ0n) is 11.2. The maximum atomic E-state index is 3.50. The summed E-state index contributed by atoms with van der Waals surface area (Å²) in [5.41, 5.74) is 3.94. The van der Waals surface area contributed by atoms with Gasteiger partial charge < -0.3 is 4.98 Å². The first-order valence-corrected chi connectivity index (χ1v) is 8.05. The van der Waals surface area contributed by atoms with E-state index in [9.17, 15) is 0 Å². The molecule has 0 atom stereocenters. The minimum atomic E-state index is 1.19. The number of benzene rings is 2. The van der Waals surface area contributed by atoms with E-state index in [1.165, 1.54) is 56.6 Å². The van der Waals surface area contributed by atoms with E-state index >= 15 is 0 Å². The Balaban J connectivity index is 2.05. The Labute approximate surface area is 127 Å². The summed E-state index contributed by atoms with van der Waals surface area (Å²) in [4.78, 5) is 3.50. The van der Waals surface area contributed by atoms with E-state index in [0.717, 1.165) is 0 Å². The van der Waals surface area contributed by atoms with Crippen LogP contribution in [0.5, 0.6) is 0 Å². The van der Waals surface area contributed by atoms with Gasteiger partial charge in [0.25, 0.3) is 0 Å². The predicted octanol–water partition coefficient (Wildman–Crippen LogP) is 5.66. The number of H-pyrrole nitrogens is 1. The molecule has 2 heteroatoms. The van der Waals surface area contributed by atoms with Crippen LogP contribution in [0, 0.1) is 3.57 Å². The number of halogens is 1. The van der Waals surface area contributed by atoms with Crippen LogP contribution >= 0.6 is 22.6 Å². The van der Waals surface area contributed by atoms with Crippen LogP contribution in [0.4, 0.5) is 0 Å². The largest absolute Gasteiger partial charge is 0.355 e. The number of aryl methyl sites for hydroxylation is 1.